The topological polar surface area (TPSA) is 26.9 Å². The van der Waals surface area contributed by atoms with Crippen LogP contribution < -0.4 is 5.56 Å². The predicted octanol–water partition coefficient (Wildman–Crippen LogP) is 1.70. The molecular formula is C12H14N2O. The molecule has 0 atom stereocenters. The van der Waals surface area contributed by atoms with E-state index in [0.29, 0.717) is 0 Å². The van der Waals surface area contributed by atoms with Crippen LogP contribution in [0.5, 0.6) is 0 Å². The third kappa shape index (κ3) is 1.61. The lowest BCUT2D eigenvalue weighted by atomic mass is 10.1. The van der Waals surface area contributed by atoms with E-state index in [0.717, 1.165) is 11.1 Å². The van der Waals surface area contributed by atoms with Crippen LogP contribution in [0.1, 0.15) is 5.56 Å². The Bertz CT molecular complexity index is 549. The third-order valence-corrected chi connectivity index (χ3v) is 2.64. The molecule has 0 unspecified atom stereocenters. The largest absolute Gasteiger partial charge is 0.293 e. The Hall–Kier alpha value is -1.77. The Morgan fingerprint density at radius 3 is 2.47 bits per heavy atom. The van der Waals surface area contributed by atoms with E-state index < -0.39 is 0 Å². The molecule has 0 aliphatic heterocycles. The summed E-state index contributed by atoms with van der Waals surface area (Å²) in [5.74, 6) is 0. The summed E-state index contributed by atoms with van der Waals surface area (Å²) in [4.78, 5) is 11.8. The summed E-state index contributed by atoms with van der Waals surface area (Å²) in [6.07, 6.45) is 1.86. The van der Waals surface area contributed by atoms with Gasteiger partial charge in [-0.15, -0.1) is 0 Å². The Kier molecular flexibility index (Phi) is 2.23. The quantitative estimate of drug-likeness (QED) is 0.691. The molecule has 1 aromatic carbocycles. The fourth-order valence-corrected chi connectivity index (χ4v) is 1.66. The second-order valence-corrected chi connectivity index (χ2v) is 3.81. The van der Waals surface area contributed by atoms with E-state index in [1.807, 2.05) is 44.4 Å². The minimum absolute atomic E-state index is 0.0445. The molecule has 0 bridgehead atoms. The average Bonchev–Trinajstić information content (AvgIpc) is 2.46. The summed E-state index contributed by atoms with van der Waals surface area (Å²) >= 11 is 0. The zero-order valence-corrected chi connectivity index (χ0v) is 9.19. The van der Waals surface area contributed by atoms with Gasteiger partial charge in [0.2, 0.25) is 0 Å². The van der Waals surface area contributed by atoms with Gasteiger partial charge in [0.25, 0.3) is 5.56 Å². The minimum atomic E-state index is 0.0445. The zero-order valence-electron chi connectivity index (χ0n) is 9.19. The van der Waals surface area contributed by atoms with Gasteiger partial charge in [-0.3, -0.25) is 14.2 Å². The summed E-state index contributed by atoms with van der Waals surface area (Å²) in [5.41, 5.74) is 2.95. The highest BCUT2D eigenvalue weighted by Crippen LogP contribution is 2.16. The molecule has 78 valence electrons. The van der Waals surface area contributed by atoms with E-state index in [9.17, 15) is 4.79 Å². The van der Waals surface area contributed by atoms with Gasteiger partial charge in [0, 0.05) is 20.3 Å². The van der Waals surface area contributed by atoms with Crippen LogP contribution in [0.15, 0.2) is 35.3 Å². The summed E-state index contributed by atoms with van der Waals surface area (Å²) in [6, 6.07) is 7.98. The number of benzene rings is 1. The molecule has 0 spiro atoms. The molecule has 0 fully saturated rings. The van der Waals surface area contributed by atoms with E-state index in [2.05, 4.69) is 0 Å². The molecule has 0 N–H and O–H groups in total. The van der Waals surface area contributed by atoms with Gasteiger partial charge in [-0.2, -0.15) is 0 Å². The zero-order chi connectivity index (χ0) is 11.0. The van der Waals surface area contributed by atoms with Crippen molar-refractivity contribution in [1.29, 1.82) is 0 Å². The number of hydrogen-bond acceptors (Lipinski definition) is 1. The Balaban J connectivity index is 2.64. The lowest BCUT2D eigenvalue weighted by Crippen LogP contribution is -2.17. The molecule has 2 aromatic rings. The van der Waals surface area contributed by atoms with Gasteiger partial charge >= 0.3 is 0 Å². The van der Waals surface area contributed by atoms with E-state index in [-0.39, 0.29) is 5.56 Å². The van der Waals surface area contributed by atoms with E-state index in [1.165, 1.54) is 5.56 Å². The highest BCUT2D eigenvalue weighted by Gasteiger charge is 2.07. The first-order chi connectivity index (χ1) is 7.09. The van der Waals surface area contributed by atoms with Gasteiger partial charge in [0.1, 0.15) is 0 Å². The van der Waals surface area contributed by atoms with Crippen molar-refractivity contribution in [2.75, 3.05) is 0 Å². The van der Waals surface area contributed by atoms with Crippen LogP contribution in [-0.2, 0) is 14.1 Å². The molecule has 1 heterocycles. The van der Waals surface area contributed by atoms with Gasteiger partial charge < -0.3 is 0 Å². The van der Waals surface area contributed by atoms with E-state index >= 15 is 0 Å². The maximum absolute atomic E-state index is 11.8. The molecule has 0 saturated carbocycles. The van der Waals surface area contributed by atoms with Crippen molar-refractivity contribution in [3.63, 3.8) is 0 Å². The van der Waals surface area contributed by atoms with Gasteiger partial charge in [0.05, 0.1) is 5.56 Å². The number of hydrogen-bond donors (Lipinski definition) is 0. The molecule has 15 heavy (non-hydrogen) atoms. The first-order valence-corrected chi connectivity index (χ1v) is 4.89. The standard InChI is InChI=1S/C12H14N2O/c1-9-5-4-6-10(7-9)11-8-13(2)14(3)12(11)15/h4-8H,1-3H3. The Morgan fingerprint density at radius 2 is 1.93 bits per heavy atom. The van der Waals surface area contributed by atoms with Crippen LogP contribution in [0.4, 0.5) is 0 Å². The highest BCUT2D eigenvalue weighted by atomic mass is 16.1. The second kappa shape index (κ2) is 3.42. The first-order valence-electron chi connectivity index (χ1n) is 4.89. The van der Waals surface area contributed by atoms with Crippen molar-refractivity contribution in [2.45, 2.75) is 6.92 Å². The SMILES string of the molecule is Cc1cccc(-c2cn(C)n(C)c2=O)c1. The van der Waals surface area contributed by atoms with Crippen LogP contribution in [0.3, 0.4) is 0 Å². The van der Waals surface area contributed by atoms with Crippen molar-refractivity contribution in [3.8, 4) is 11.1 Å². The fourth-order valence-electron chi connectivity index (χ4n) is 1.66. The lowest BCUT2D eigenvalue weighted by Gasteiger charge is -1.96. The molecular weight excluding hydrogens is 188 g/mol. The number of aromatic nitrogens is 2. The number of rotatable bonds is 1. The minimum Gasteiger partial charge on any atom is -0.293 e. The average molecular weight is 202 g/mol. The molecule has 0 aliphatic carbocycles. The van der Waals surface area contributed by atoms with Crippen LogP contribution in [0.25, 0.3) is 11.1 Å². The van der Waals surface area contributed by atoms with Crippen LogP contribution in [-0.4, -0.2) is 9.36 Å². The molecule has 3 heteroatoms. The highest BCUT2D eigenvalue weighted by molar-refractivity contribution is 5.62. The van der Waals surface area contributed by atoms with Crippen molar-refractivity contribution < 1.29 is 0 Å². The fraction of sp³-hybridized carbons (Fsp3) is 0.250. The maximum Gasteiger partial charge on any atom is 0.274 e. The third-order valence-electron chi connectivity index (χ3n) is 2.64. The number of nitrogens with zero attached hydrogens (tertiary/aromatic N) is 2. The lowest BCUT2D eigenvalue weighted by molar-refractivity contribution is 0.579. The van der Waals surface area contributed by atoms with Crippen molar-refractivity contribution >= 4 is 0 Å². The van der Waals surface area contributed by atoms with Gasteiger partial charge in [-0.25, -0.2) is 0 Å². The van der Waals surface area contributed by atoms with Crippen molar-refractivity contribution in [2.24, 2.45) is 14.1 Å². The van der Waals surface area contributed by atoms with E-state index in [4.69, 9.17) is 0 Å². The normalized spacial score (nSPS) is 10.6. The first kappa shape index (κ1) is 9.77. The summed E-state index contributed by atoms with van der Waals surface area (Å²) in [6.45, 7) is 2.02. The van der Waals surface area contributed by atoms with Crippen molar-refractivity contribution in [3.05, 3.63) is 46.4 Å². The van der Waals surface area contributed by atoms with Gasteiger partial charge in [-0.1, -0.05) is 29.8 Å². The molecule has 0 saturated heterocycles. The van der Waals surface area contributed by atoms with Gasteiger partial charge in [-0.05, 0) is 12.5 Å². The molecule has 0 radical (unpaired) electrons. The van der Waals surface area contributed by atoms with E-state index in [1.54, 1.807) is 16.4 Å². The molecule has 1 aromatic heterocycles. The summed E-state index contributed by atoms with van der Waals surface area (Å²) < 4.78 is 3.39. The smallest absolute Gasteiger partial charge is 0.274 e. The monoisotopic (exact) mass is 202 g/mol. The number of aryl methyl sites for hydroxylation is 2. The predicted molar refractivity (Wildman–Crippen MR) is 60.8 cm³/mol. The summed E-state index contributed by atoms with van der Waals surface area (Å²) in [5, 5.41) is 0. The van der Waals surface area contributed by atoms with Crippen LogP contribution in [0.2, 0.25) is 0 Å². The second-order valence-electron chi connectivity index (χ2n) is 3.81. The van der Waals surface area contributed by atoms with Gasteiger partial charge in [0.15, 0.2) is 0 Å². The van der Waals surface area contributed by atoms with Crippen LogP contribution in [0, 0.1) is 6.92 Å². The van der Waals surface area contributed by atoms with Crippen LogP contribution >= 0.6 is 0 Å². The molecule has 0 amide bonds. The summed E-state index contributed by atoms with van der Waals surface area (Å²) in [7, 11) is 3.63. The molecule has 0 aliphatic rings. The maximum atomic E-state index is 11.8. The molecule has 3 nitrogen and oxygen atoms in total. The molecule has 2 rings (SSSR count). The van der Waals surface area contributed by atoms with Crippen molar-refractivity contribution in [1.82, 2.24) is 9.36 Å². The Morgan fingerprint density at radius 1 is 1.20 bits per heavy atom. The Labute approximate surface area is 88.6 Å².